The first-order valence-corrected chi connectivity index (χ1v) is 11.6. The number of rotatable bonds is 13. The molecule has 9 heteroatoms. The van der Waals surface area contributed by atoms with Crippen LogP contribution in [-0.4, -0.2) is 37.7 Å². The highest BCUT2D eigenvalue weighted by Gasteiger charge is 2.22. The van der Waals surface area contributed by atoms with E-state index in [1.54, 1.807) is 0 Å². The zero-order chi connectivity index (χ0) is 18.2. The lowest BCUT2D eigenvalue weighted by Gasteiger charge is -2.01. The molecule has 7 nitrogen and oxygen atoms in total. The van der Waals surface area contributed by atoms with E-state index in [2.05, 4.69) is 6.92 Å². The van der Waals surface area contributed by atoms with E-state index < -0.39 is 18.3 Å². The molecule has 0 amide bonds. The van der Waals surface area contributed by atoms with Crippen molar-refractivity contribution in [3.05, 3.63) is 0 Å². The van der Waals surface area contributed by atoms with Crippen LogP contribution in [0.5, 0.6) is 0 Å². The van der Waals surface area contributed by atoms with E-state index >= 15 is 0 Å². The Morgan fingerprint density at radius 3 is 1.04 bits per heavy atom. The van der Waals surface area contributed by atoms with Gasteiger partial charge in [-0.05, 0) is 6.42 Å². The molecule has 0 aliphatic heterocycles. The van der Waals surface area contributed by atoms with Crippen molar-refractivity contribution >= 4 is 18.3 Å². The molecule has 0 radical (unpaired) electrons. The first-order chi connectivity index (χ1) is 10.7. The van der Waals surface area contributed by atoms with Crippen molar-refractivity contribution in [2.24, 2.45) is 0 Å². The molecule has 0 saturated heterocycles. The average molecular weight is 377 g/mol. The highest BCUT2D eigenvalue weighted by molar-refractivity contribution is 8.62. The molecule has 0 rings (SSSR count). The third-order valence-corrected chi connectivity index (χ3v) is 5.41. The van der Waals surface area contributed by atoms with Crippen molar-refractivity contribution in [3.8, 4) is 0 Å². The van der Waals surface area contributed by atoms with Gasteiger partial charge in [0, 0.05) is 6.61 Å². The molecule has 0 saturated carbocycles. The summed E-state index contributed by atoms with van der Waals surface area (Å²) in [6.07, 6.45) is 16.2. The van der Waals surface area contributed by atoms with Gasteiger partial charge in [0.1, 0.15) is 0 Å². The van der Waals surface area contributed by atoms with Crippen LogP contribution < -0.4 is 0 Å². The summed E-state index contributed by atoms with van der Waals surface area (Å²) in [5.74, 6) is 0. The van der Waals surface area contributed by atoms with E-state index in [4.69, 9.17) is 14.2 Å². The van der Waals surface area contributed by atoms with Crippen molar-refractivity contribution in [3.63, 3.8) is 0 Å². The highest BCUT2D eigenvalue weighted by atomic mass is 33.2. The summed E-state index contributed by atoms with van der Waals surface area (Å²) in [5, 5.41) is 8.61. The van der Waals surface area contributed by atoms with Gasteiger partial charge in [0.15, 0.2) is 0 Å². The Balaban J connectivity index is 0. The molecule has 0 heterocycles. The second-order valence-electron chi connectivity index (χ2n) is 5.47. The first kappa shape index (κ1) is 25.0. The van der Waals surface area contributed by atoms with Crippen LogP contribution in [0.4, 0.5) is 0 Å². The molecule has 0 aliphatic rings. The summed E-state index contributed by atoms with van der Waals surface area (Å²) >= 11 is 0. The summed E-state index contributed by atoms with van der Waals surface area (Å²) in [7, 11) is -10.6. The van der Waals surface area contributed by atoms with Crippen molar-refractivity contribution in [2.75, 3.05) is 6.61 Å². The van der Waals surface area contributed by atoms with Crippen LogP contribution in [0.2, 0.25) is 0 Å². The highest BCUT2D eigenvalue weighted by Crippen LogP contribution is 2.11. The van der Waals surface area contributed by atoms with Gasteiger partial charge in [-0.1, -0.05) is 77.6 Å². The van der Waals surface area contributed by atoms with Crippen LogP contribution in [0, 0.1) is 0 Å². The van der Waals surface area contributed by atoms with Gasteiger partial charge in [-0.15, -0.1) is 0 Å². The lowest BCUT2D eigenvalue weighted by Crippen LogP contribution is -2.11. The monoisotopic (exact) mass is 376 g/mol. The summed E-state index contributed by atoms with van der Waals surface area (Å²) in [4.78, 5) is 0. The predicted molar refractivity (Wildman–Crippen MR) is 91.3 cm³/mol. The summed E-state index contributed by atoms with van der Waals surface area (Å²) in [6, 6.07) is 0. The van der Waals surface area contributed by atoms with Crippen LogP contribution in [0.1, 0.15) is 84.0 Å². The van der Waals surface area contributed by atoms with Crippen LogP contribution in [0.15, 0.2) is 0 Å². The molecule has 23 heavy (non-hydrogen) atoms. The van der Waals surface area contributed by atoms with Crippen LogP contribution in [0.25, 0.3) is 0 Å². The van der Waals surface area contributed by atoms with Crippen molar-refractivity contribution in [2.45, 2.75) is 84.0 Å². The second kappa shape index (κ2) is 15.3. The zero-order valence-corrected chi connectivity index (χ0v) is 15.6. The average Bonchev–Trinajstić information content (AvgIpc) is 2.43. The second-order valence-corrected chi connectivity index (χ2v) is 9.71. The van der Waals surface area contributed by atoms with Crippen LogP contribution in [-0.2, 0) is 18.3 Å². The van der Waals surface area contributed by atoms with Gasteiger partial charge in [-0.3, -0.25) is 9.11 Å². The molecule has 0 fully saturated rings. The fourth-order valence-corrected chi connectivity index (χ4v) is 1.95. The number of aliphatic hydroxyl groups is 1. The fraction of sp³-hybridized carbons (Fsp3) is 1.00. The van der Waals surface area contributed by atoms with Gasteiger partial charge in [0.25, 0.3) is 0 Å². The molecule has 0 unspecified atom stereocenters. The Hall–Kier alpha value is -0.220. The minimum absolute atomic E-state index is 0.372. The fourth-order valence-electron chi connectivity index (χ4n) is 1.95. The van der Waals surface area contributed by atoms with Gasteiger partial charge < -0.3 is 5.11 Å². The minimum Gasteiger partial charge on any atom is -0.396 e. The Morgan fingerprint density at radius 1 is 0.565 bits per heavy atom. The molecule has 0 atom stereocenters. The topological polar surface area (TPSA) is 129 Å². The van der Waals surface area contributed by atoms with E-state index in [9.17, 15) is 16.8 Å². The summed E-state index contributed by atoms with van der Waals surface area (Å²) < 4.78 is 52.5. The van der Waals surface area contributed by atoms with Crippen molar-refractivity contribution < 1.29 is 31.0 Å². The summed E-state index contributed by atoms with van der Waals surface area (Å²) in [6.45, 7) is 2.64. The van der Waals surface area contributed by atoms with Gasteiger partial charge in [-0.2, -0.15) is 16.8 Å². The van der Waals surface area contributed by atoms with Gasteiger partial charge >= 0.3 is 18.3 Å². The van der Waals surface area contributed by atoms with Gasteiger partial charge in [0.2, 0.25) is 0 Å². The molecule has 0 aromatic heterocycles. The number of hydrogen-bond donors (Lipinski definition) is 3. The standard InChI is InChI=1S/C14H30O.H2O6S2/c1-2-3-4-5-6-7-8-9-10-11-12-13-14-15;1-7(2,3)8(4,5)6/h15H,2-14H2,1H3;(H,1,2,3)(H,4,5,6). The third kappa shape index (κ3) is 19.7. The zero-order valence-electron chi connectivity index (χ0n) is 14.0. The molecule has 0 spiro atoms. The largest absolute Gasteiger partial charge is 0.397 e. The number of hydrogen-bond acceptors (Lipinski definition) is 5. The normalized spacial score (nSPS) is 11.8. The Bertz CT molecular complexity index is 402. The predicted octanol–water partition coefficient (Wildman–Crippen LogP) is 3.36. The van der Waals surface area contributed by atoms with Crippen molar-refractivity contribution in [1.82, 2.24) is 0 Å². The van der Waals surface area contributed by atoms with E-state index in [0.29, 0.717) is 6.61 Å². The number of aliphatic hydroxyl groups excluding tert-OH is 1. The maximum absolute atomic E-state index is 9.37. The van der Waals surface area contributed by atoms with Gasteiger partial charge in [-0.25, -0.2) is 0 Å². The van der Waals surface area contributed by atoms with Crippen molar-refractivity contribution in [1.29, 1.82) is 0 Å². The maximum atomic E-state index is 9.37. The van der Waals surface area contributed by atoms with E-state index in [0.717, 1.165) is 6.42 Å². The first-order valence-electron chi connectivity index (χ1n) is 8.22. The molecule has 0 aromatic carbocycles. The quantitative estimate of drug-likeness (QED) is 0.255. The molecule has 142 valence electrons. The number of unbranched alkanes of at least 4 members (excludes halogenated alkanes) is 11. The lowest BCUT2D eigenvalue weighted by molar-refractivity contribution is 0.282. The van der Waals surface area contributed by atoms with Gasteiger partial charge in [0.05, 0.1) is 0 Å². The minimum atomic E-state index is -5.31. The third-order valence-electron chi connectivity index (χ3n) is 3.28. The molecule has 3 N–H and O–H groups in total. The Kier molecular flexibility index (Phi) is 16.7. The Labute approximate surface area is 140 Å². The Morgan fingerprint density at radius 2 is 0.826 bits per heavy atom. The maximum Gasteiger partial charge on any atom is 0.397 e. The van der Waals surface area contributed by atoms with Crippen LogP contribution in [0.3, 0.4) is 0 Å². The van der Waals surface area contributed by atoms with E-state index in [1.165, 1.54) is 70.6 Å². The smallest absolute Gasteiger partial charge is 0.396 e. The molecular formula is C14H32O7S2. The van der Waals surface area contributed by atoms with E-state index in [1.807, 2.05) is 0 Å². The molecule has 0 aliphatic carbocycles. The molecular weight excluding hydrogens is 344 g/mol. The van der Waals surface area contributed by atoms with E-state index in [-0.39, 0.29) is 0 Å². The summed E-state index contributed by atoms with van der Waals surface area (Å²) in [5.41, 5.74) is 0. The molecule has 0 aromatic rings. The van der Waals surface area contributed by atoms with Crippen LogP contribution >= 0.6 is 0 Å². The lowest BCUT2D eigenvalue weighted by atomic mass is 10.1. The molecule has 0 bridgehead atoms. The SMILES string of the molecule is CCCCCCCCCCCCCCO.O=S(=O)(O)S(=O)(=O)O.